The zero-order valence-corrected chi connectivity index (χ0v) is 12.4. The highest BCUT2D eigenvalue weighted by atomic mass is 19.1. The lowest BCUT2D eigenvalue weighted by Gasteiger charge is -2.30. The van der Waals surface area contributed by atoms with Crippen molar-refractivity contribution >= 4 is 11.0 Å². The van der Waals surface area contributed by atoms with Gasteiger partial charge in [0.25, 0.3) is 0 Å². The van der Waals surface area contributed by atoms with Crippen LogP contribution in [0.15, 0.2) is 18.2 Å². The maximum atomic E-state index is 13.4. The summed E-state index contributed by atoms with van der Waals surface area (Å²) in [5, 5.41) is 3.58. The molecule has 0 radical (unpaired) electrons. The van der Waals surface area contributed by atoms with Gasteiger partial charge in [-0.15, -0.1) is 0 Å². The molecule has 0 spiro atoms. The minimum atomic E-state index is -0.220. The Morgan fingerprint density at radius 1 is 1.40 bits per heavy atom. The molecule has 1 saturated heterocycles. The standard InChI is InChI=1S/C16H22FN3/c1-10(2)20-14-7-6-12(17)9-13(14)19-16(20)15-11(3)5-4-8-18-15/h6-7,9-11,15,18H,4-5,8H2,1-3H3. The van der Waals surface area contributed by atoms with E-state index in [0.717, 1.165) is 23.4 Å². The van der Waals surface area contributed by atoms with Gasteiger partial charge in [0, 0.05) is 12.1 Å². The Hall–Kier alpha value is -1.42. The van der Waals surface area contributed by atoms with Crippen molar-refractivity contribution in [2.45, 2.75) is 45.7 Å². The fourth-order valence-corrected chi connectivity index (χ4v) is 3.25. The second-order valence-electron chi connectivity index (χ2n) is 6.12. The van der Waals surface area contributed by atoms with Crippen molar-refractivity contribution in [2.75, 3.05) is 6.54 Å². The summed E-state index contributed by atoms with van der Waals surface area (Å²) < 4.78 is 15.7. The third kappa shape index (κ3) is 2.22. The predicted octanol–water partition coefficient (Wildman–Crippen LogP) is 3.82. The average molecular weight is 275 g/mol. The van der Waals surface area contributed by atoms with Crippen LogP contribution in [0, 0.1) is 11.7 Å². The van der Waals surface area contributed by atoms with Gasteiger partial charge in [-0.3, -0.25) is 0 Å². The Bertz CT molecular complexity index is 617. The van der Waals surface area contributed by atoms with Crippen molar-refractivity contribution in [1.29, 1.82) is 0 Å². The normalized spacial score (nSPS) is 23.6. The Balaban J connectivity index is 2.15. The monoisotopic (exact) mass is 275 g/mol. The van der Waals surface area contributed by atoms with Crippen LogP contribution in [0.3, 0.4) is 0 Å². The average Bonchev–Trinajstić information content (AvgIpc) is 2.77. The van der Waals surface area contributed by atoms with Crippen molar-refractivity contribution < 1.29 is 4.39 Å². The lowest BCUT2D eigenvalue weighted by molar-refractivity contribution is 0.286. The lowest BCUT2D eigenvalue weighted by atomic mass is 9.92. The van der Waals surface area contributed by atoms with Gasteiger partial charge in [-0.05, 0) is 51.3 Å². The summed E-state index contributed by atoms with van der Waals surface area (Å²) >= 11 is 0. The molecule has 2 unspecified atom stereocenters. The van der Waals surface area contributed by atoms with Gasteiger partial charge in [-0.1, -0.05) is 6.92 Å². The lowest BCUT2D eigenvalue weighted by Crippen LogP contribution is -2.35. The number of nitrogens with one attached hydrogen (secondary N) is 1. The molecule has 0 bridgehead atoms. The highest BCUT2D eigenvalue weighted by molar-refractivity contribution is 5.76. The number of imidazole rings is 1. The maximum Gasteiger partial charge on any atom is 0.127 e. The van der Waals surface area contributed by atoms with E-state index in [4.69, 9.17) is 4.98 Å². The first kappa shape index (κ1) is 13.6. The molecule has 20 heavy (non-hydrogen) atoms. The van der Waals surface area contributed by atoms with E-state index in [0.29, 0.717) is 12.0 Å². The highest BCUT2D eigenvalue weighted by Gasteiger charge is 2.28. The fourth-order valence-electron chi connectivity index (χ4n) is 3.25. The number of piperidine rings is 1. The molecule has 1 aromatic heterocycles. The molecule has 1 aromatic carbocycles. The molecule has 1 aliphatic rings. The quantitative estimate of drug-likeness (QED) is 0.903. The molecule has 2 heterocycles. The molecule has 2 aromatic rings. The van der Waals surface area contributed by atoms with Crippen LogP contribution in [-0.4, -0.2) is 16.1 Å². The minimum absolute atomic E-state index is 0.220. The van der Waals surface area contributed by atoms with Crippen LogP contribution in [0.1, 0.15) is 51.5 Å². The first-order chi connectivity index (χ1) is 9.58. The largest absolute Gasteiger partial charge is 0.324 e. The van der Waals surface area contributed by atoms with Gasteiger partial charge in [0.15, 0.2) is 0 Å². The van der Waals surface area contributed by atoms with Crippen molar-refractivity contribution in [2.24, 2.45) is 5.92 Å². The Labute approximate surface area is 119 Å². The summed E-state index contributed by atoms with van der Waals surface area (Å²) in [6.45, 7) is 7.61. The summed E-state index contributed by atoms with van der Waals surface area (Å²) in [7, 11) is 0. The number of halogens is 1. The molecule has 108 valence electrons. The molecule has 0 amide bonds. The minimum Gasteiger partial charge on any atom is -0.324 e. The highest BCUT2D eigenvalue weighted by Crippen LogP contribution is 2.32. The molecule has 3 rings (SSSR count). The summed E-state index contributed by atoms with van der Waals surface area (Å²) in [5.74, 6) is 1.39. The van der Waals surface area contributed by atoms with Gasteiger partial charge in [0.1, 0.15) is 11.6 Å². The van der Waals surface area contributed by atoms with Gasteiger partial charge >= 0.3 is 0 Å². The molecule has 4 heteroatoms. The summed E-state index contributed by atoms with van der Waals surface area (Å²) in [5.41, 5.74) is 1.78. The SMILES string of the molecule is CC1CCCNC1c1nc2cc(F)ccc2n1C(C)C. The van der Waals surface area contributed by atoms with Crippen molar-refractivity contribution in [3.8, 4) is 0 Å². The number of hydrogen-bond acceptors (Lipinski definition) is 2. The van der Waals surface area contributed by atoms with Gasteiger partial charge in [-0.25, -0.2) is 9.37 Å². The van der Waals surface area contributed by atoms with Crippen molar-refractivity contribution in [3.63, 3.8) is 0 Å². The van der Waals surface area contributed by atoms with E-state index in [9.17, 15) is 4.39 Å². The van der Waals surface area contributed by atoms with E-state index in [1.807, 2.05) is 6.07 Å². The molecule has 0 saturated carbocycles. The first-order valence-corrected chi connectivity index (χ1v) is 7.48. The van der Waals surface area contributed by atoms with Crippen LogP contribution in [-0.2, 0) is 0 Å². The molecule has 1 aliphatic heterocycles. The molecular weight excluding hydrogens is 253 g/mol. The van der Waals surface area contributed by atoms with E-state index in [-0.39, 0.29) is 11.9 Å². The second kappa shape index (κ2) is 5.17. The number of benzene rings is 1. The van der Waals surface area contributed by atoms with E-state index < -0.39 is 0 Å². The number of fused-ring (bicyclic) bond motifs is 1. The number of hydrogen-bond donors (Lipinski definition) is 1. The van der Waals surface area contributed by atoms with E-state index >= 15 is 0 Å². The van der Waals surface area contributed by atoms with Gasteiger partial charge in [-0.2, -0.15) is 0 Å². The van der Waals surface area contributed by atoms with Crippen LogP contribution in [0.2, 0.25) is 0 Å². The van der Waals surface area contributed by atoms with Crippen LogP contribution in [0.4, 0.5) is 4.39 Å². The predicted molar refractivity (Wildman–Crippen MR) is 79.2 cm³/mol. The molecule has 2 atom stereocenters. The van der Waals surface area contributed by atoms with E-state index in [1.54, 1.807) is 0 Å². The maximum absolute atomic E-state index is 13.4. The summed E-state index contributed by atoms with van der Waals surface area (Å²) in [6.07, 6.45) is 2.43. The fraction of sp³-hybridized carbons (Fsp3) is 0.562. The van der Waals surface area contributed by atoms with Crippen LogP contribution < -0.4 is 5.32 Å². The van der Waals surface area contributed by atoms with Crippen molar-refractivity contribution in [3.05, 3.63) is 29.8 Å². The third-order valence-corrected chi connectivity index (χ3v) is 4.24. The third-order valence-electron chi connectivity index (χ3n) is 4.24. The zero-order chi connectivity index (χ0) is 14.3. The van der Waals surface area contributed by atoms with E-state index in [1.165, 1.54) is 25.0 Å². The van der Waals surface area contributed by atoms with Gasteiger partial charge < -0.3 is 9.88 Å². The number of aromatic nitrogens is 2. The number of nitrogens with zero attached hydrogens (tertiary/aromatic N) is 2. The van der Waals surface area contributed by atoms with Gasteiger partial charge in [0.2, 0.25) is 0 Å². The summed E-state index contributed by atoms with van der Waals surface area (Å²) in [6, 6.07) is 5.47. The van der Waals surface area contributed by atoms with Crippen LogP contribution in [0.5, 0.6) is 0 Å². The van der Waals surface area contributed by atoms with Crippen LogP contribution in [0.25, 0.3) is 11.0 Å². The molecule has 3 nitrogen and oxygen atoms in total. The Morgan fingerprint density at radius 3 is 2.90 bits per heavy atom. The van der Waals surface area contributed by atoms with Crippen LogP contribution >= 0.6 is 0 Å². The summed E-state index contributed by atoms with van der Waals surface area (Å²) in [4.78, 5) is 4.73. The second-order valence-corrected chi connectivity index (χ2v) is 6.12. The van der Waals surface area contributed by atoms with Crippen molar-refractivity contribution in [1.82, 2.24) is 14.9 Å². The Morgan fingerprint density at radius 2 is 2.20 bits per heavy atom. The smallest absolute Gasteiger partial charge is 0.127 e. The first-order valence-electron chi connectivity index (χ1n) is 7.48. The topological polar surface area (TPSA) is 29.9 Å². The molecule has 1 N–H and O–H groups in total. The molecule has 1 fully saturated rings. The molecule has 0 aliphatic carbocycles. The number of rotatable bonds is 2. The molecular formula is C16H22FN3. The Kier molecular flexibility index (Phi) is 3.50. The zero-order valence-electron chi connectivity index (χ0n) is 12.4. The van der Waals surface area contributed by atoms with E-state index in [2.05, 4.69) is 30.7 Å². The van der Waals surface area contributed by atoms with Gasteiger partial charge in [0.05, 0.1) is 17.1 Å².